The Kier molecular flexibility index (Phi) is 3.57. The second-order valence-corrected chi connectivity index (χ2v) is 5.17. The van der Waals surface area contributed by atoms with Gasteiger partial charge in [-0.1, -0.05) is 36.0 Å². The van der Waals surface area contributed by atoms with E-state index in [9.17, 15) is 14.5 Å². The third-order valence-electron chi connectivity index (χ3n) is 2.88. The number of nitrogens with zero attached hydrogens (tertiary/aromatic N) is 2. The van der Waals surface area contributed by atoms with E-state index in [0.29, 0.717) is 10.8 Å². The molecule has 0 bridgehead atoms. The summed E-state index contributed by atoms with van der Waals surface area (Å²) in [6.45, 7) is 0. The van der Waals surface area contributed by atoms with Crippen LogP contribution in [-0.4, -0.2) is 9.91 Å². The van der Waals surface area contributed by atoms with E-state index in [1.807, 2.05) is 18.2 Å². The van der Waals surface area contributed by atoms with Crippen molar-refractivity contribution in [1.29, 1.82) is 0 Å². The van der Waals surface area contributed by atoms with E-state index < -0.39 is 16.4 Å². The number of nitro groups is 1. The van der Waals surface area contributed by atoms with Gasteiger partial charge in [-0.25, -0.2) is 4.98 Å². The van der Waals surface area contributed by atoms with Crippen LogP contribution in [0.1, 0.15) is 5.56 Å². The summed E-state index contributed by atoms with van der Waals surface area (Å²) in [7, 11) is 0. The number of para-hydroxylation sites is 2. The lowest BCUT2D eigenvalue weighted by Gasteiger charge is -2.01. The van der Waals surface area contributed by atoms with Crippen molar-refractivity contribution in [3.8, 4) is 0 Å². The number of thioether (sulfide) groups is 1. The molecule has 3 rings (SSSR count). The predicted octanol–water partition coefficient (Wildman–Crippen LogP) is 4.17. The monoisotopic (exact) mass is 304 g/mol. The van der Waals surface area contributed by atoms with Gasteiger partial charge >= 0.3 is 5.69 Å². The Hall–Kier alpha value is -2.41. The van der Waals surface area contributed by atoms with Gasteiger partial charge < -0.3 is 4.42 Å². The molecule has 0 radical (unpaired) electrons. The van der Waals surface area contributed by atoms with Crippen LogP contribution in [0.4, 0.5) is 10.1 Å². The molecule has 0 atom stereocenters. The number of aromatic nitrogens is 1. The van der Waals surface area contributed by atoms with Crippen LogP contribution in [0.15, 0.2) is 52.1 Å². The van der Waals surface area contributed by atoms with Gasteiger partial charge in [0.15, 0.2) is 5.58 Å². The molecule has 21 heavy (non-hydrogen) atoms. The summed E-state index contributed by atoms with van der Waals surface area (Å²) in [5, 5.41) is 11.1. The summed E-state index contributed by atoms with van der Waals surface area (Å²) in [4.78, 5) is 14.2. The first-order chi connectivity index (χ1) is 10.1. The van der Waals surface area contributed by atoms with E-state index in [1.54, 1.807) is 6.07 Å². The molecule has 0 saturated heterocycles. The zero-order valence-corrected chi connectivity index (χ0v) is 11.5. The fourth-order valence-electron chi connectivity index (χ4n) is 1.87. The average Bonchev–Trinajstić information content (AvgIpc) is 2.88. The van der Waals surface area contributed by atoms with Crippen LogP contribution in [-0.2, 0) is 5.75 Å². The van der Waals surface area contributed by atoms with Gasteiger partial charge in [-0.05, 0) is 12.1 Å². The van der Waals surface area contributed by atoms with Crippen molar-refractivity contribution < 1.29 is 13.7 Å². The largest absolute Gasteiger partial charge is 0.431 e. The Morgan fingerprint density at radius 3 is 2.81 bits per heavy atom. The summed E-state index contributed by atoms with van der Waals surface area (Å²) in [5.74, 6) is -0.605. The summed E-state index contributed by atoms with van der Waals surface area (Å²) < 4.78 is 19.4. The lowest BCUT2D eigenvalue weighted by Crippen LogP contribution is -1.96. The molecule has 0 unspecified atom stereocenters. The molecule has 0 amide bonds. The first kappa shape index (κ1) is 13.6. The molecule has 0 aliphatic carbocycles. The molecule has 0 aliphatic heterocycles. The highest BCUT2D eigenvalue weighted by molar-refractivity contribution is 7.98. The lowest BCUT2D eigenvalue weighted by atomic mass is 10.2. The van der Waals surface area contributed by atoms with Crippen LogP contribution >= 0.6 is 11.8 Å². The van der Waals surface area contributed by atoms with Crippen LogP contribution < -0.4 is 0 Å². The minimum Gasteiger partial charge on any atom is -0.431 e. The van der Waals surface area contributed by atoms with Gasteiger partial charge in [-0.15, -0.1) is 0 Å². The standard InChI is InChI=1S/C14H9FN2O3S/c15-13-9(4-3-6-11(13)17(18)19)8-21-14-16-10-5-1-2-7-12(10)20-14/h1-7H,8H2. The quantitative estimate of drug-likeness (QED) is 0.411. The number of rotatable bonds is 4. The maximum atomic E-state index is 13.9. The van der Waals surface area contributed by atoms with Crippen molar-refractivity contribution in [2.45, 2.75) is 11.0 Å². The highest BCUT2D eigenvalue weighted by Gasteiger charge is 2.17. The maximum absolute atomic E-state index is 13.9. The molecule has 0 N–H and O–H groups in total. The molecule has 1 heterocycles. The predicted molar refractivity (Wildman–Crippen MR) is 76.6 cm³/mol. The normalized spacial score (nSPS) is 10.9. The average molecular weight is 304 g/mol. The lowest BCUT2D eigenvalue weighted by molar-refractivity contribution is -0.387. The zero-order chi connectivity index (χ0) is 14.8. The second-order valence-electron chi connectivity index (χ2n) is 4.24. The van der Waals surface area contributed by atoms with Crippen molar-refractivity contribution in [2.75, 3.05) is 0 Å². The van der Waals surface area contributed by atoms with E-state index in [2.05, 4.69) is 4.98 Å². The Labute approximate surface area is 122 Å². The number of halogens is 1. The summed E-state index contributed by atoms with van der Waals surface area (Å²) >= 11 is 1.19. The Bertz CT molecular complexity index is 786. The number of oxazole rings is 1. The molecular formula is C14H9FN2O3S. The minimum atomic E-state index is -0.814. The van der Waals surface area contributed by atoms with Crippen molar-refractivity contribution in [3.05, 3.63) is 64.0 Å². The van der Waals surface area contributed by atoms with Gasteiger partial charge in [0.05, 0.1) is 4.92 Å². The molecule has 0 spiro atoms. The van der Waals surface area contributed by atoms with Gasteiger partial charge in [0.1, 0.15) is 5.52 Å². The third kappa shape index (κ3) is 2.73. The van der Waals surface area contributed by atoms with Gasteiger partial charge in [-0.2, -0.15) is 4.39 Å². The molecule has 1 aromatic heterocycles. The molecule has 2 aromatic carbocycles. The first-order valence-corrected chi connectivity index (χ1v) is 7.04. The number of benzene rings is 2. The van der Waals surface area contributed by atoms with Crippen LogP contribution in [0.25, 0.3) is 11.1 Å². The molecule has 0 fully saturated rings. The molecule has 5 nitrogen and oxygen atoms in total. The van der Waals surface area contributed by atoms with Crippen molar-refractivity contribution in [3.63, 3.8) is 0 Å². The SMILES string of the molecule is O=[N+]([O-])c1cccc(CSc2nc3ccccc3o2)c1F. The van der Waals surface area contributed by atoms with Crippen molar-refractivity contribution in [2.24, 2.45) is 0 Å². The van der Waals surface area contributed by atoms with Gasteiger partial charge in [-0.3, -0.25) is 10.1 Å². The molecule has 3 aromatic rings. The van der Waals surface area contributed by atoms with Gasteiger partial charge in [0, 0.05) is 17.4 Å². The molecular weight excluding hydrogens is 295 g/mol. The molecule has 0 aliphatic rings. The number of hydrogen-bond acceptors (Lipinski definition) is 5. The molecule has 7 heteroatoms. The van der Waals surface area contributed by atoms with Gasteiger partial charge in [0.2, 0.25) is 5.82 Å². The highest BCUT2D eigenvalue weighted by atomic mass is 32.2. The molecule has 0 saturated carbocycles. The zero-order valence-electron chi connectivity index (χ0n) is 10.7. The van der Waals surface area contributed by atoms with E-state index in [4.69, 9.17) is 4.42 Å². The second kappa shape index (κ2) is 5.53. The Morgan fingerprint density at radius 1 is 1.24 bits per heavy atom. The van der Waals surface area contributed by atoms with E-state index in [0.717, 1.165) is 11.6 Å². The minimum absolute atomic E-state index is 0.209. The third-order valence-corrected chi connectivity index (χ3v) is 3.76. The summed E-state index contributed by atoms with van der Waals surface area (Å²) in [6.07, 6.45) is 0. The first-order valence-electron chi connectivity index (χ1n) is 6.05. The summed E-state index contributed by atoms with van der Waals surface area (Å²) in [6, 6.07) is 11.4. The van der Waals surface area contributed by atoms with Crippen LogP contribution in [0.5, 0.6) is 0 Å². The Morgan fingerprint density at radius 2 is 2.05 bits per heavy atom. The summed E-state index contributed by atoms with van der Waals surface area (Å²) in [5.41, 5.74) is 1.10. The van der Waals surface area contributed by atoms with Crippen molar-refractivity contribution in [1.82, 2.24) is 4.98 Å². The van der Waals surface area contributed by atoms with Crippen LogP contribution in [0.2, 0.25) is 0 Å². The number of fused-ring (bicyclic) bond motifs is 1. The Balaban J connectivity index is 1.81. The van der Waals surface area contributed by atoms with E-state index >= 15 is 0 Å². The number of hydrogen-bond donors (Lipinski definition) is 0. The highest BCUT2D eigenvalue weighted by Crippen LogP contribution is 2.29. The van der Waals surface area contributed by atoms with Crippen molar-refractivity contribution >= 4 is 28.5 Å². The topological polar surface area (TPSA) is 69.2 Å². The van der Waals surface area contributed by atoms with E-state index in [1.165, 1.54) is 23.9 Å². The smallest absolute Gasteiger partial charge is 0.305 e. The van der Waals surface area contributed by atoms with Gasteiger partial charge in [0.25, 0.3) is 5.22 Å². The van der Waals surface area contributed by atoms with Crippen LogP contribution in [0.3, 0.4) is 0 Å². The fraction of sp³-hybridized carbons (Fsp3) is 0.0714. The van der Waals surface area contributed by atoms with E-state index in [-0.39, 0.29) is 11.3 Å². The number of nitro benzene ring substituents is 1. The maximum Gasteiger partial charge on any atom is 0.305 e. The molecule has 106 valence electrons. The van der Waals surface area contributed by atoms with Crippen LogP contribution in [0, 0.1) is 15.9 Å². The fourth-order valence-corrected chi connectivity index (χ4v) is 2.68.